The summed E-state index contributed by atoms with van der Waals surface area (Å²) < 4.78 is 6.02. The van der Waals surface area contributed by atoms with Crippen molar-refractivity contribution < 1.29 is 19.1 Å². The van der Waals surface area contributed by atoms with E-state index in [-0.39, 0.29) is 18.6 Å². The summed E-state index contributed by atoms with van der Waals surface area (Å²) in [6, 6.07) is 16.2. The Morgan fingerprint density at radius 3 is 2.20 bits per heavy atom. The van der Waals surface area contributed by atoms with Crippen molar-refractivity contribution in [2.45, 2.75) is 38.8 Å². The van der Waals surface area contributed by atoms with Crippen LogP contribution < -0.4 is 0 Å². The van der Waals surface area contributed by atoms with Gasteiger partial charge in [-0.2, -0.15) is 0 Å². The fourth-order valence-corrected chi connectivity index (χ4v) is 4.23. The maximum atomic E-state index is 13.4. The van der Waals surface area contributed by atoms with E-state index >= 15 is 0 Å². The molecule has 1 atom stereocenters. The Bertz CT molecular complexity index is 1010. The molecule has 0 aromatic heterocycles. The number of ether oxygens (including phenoxy) is 1. The van der Waals surface area contributed by atoms with E-state index in [2.05, 4.69) is 0 Å². The van der Waals surface area contributed by atoms with Gasteiger partial charge in [-0.3, -0.25) is 24.2 Å². The lowest BCUT2D eigenvalue weighted by Crippen LogP contribution is -2.56. The van der Waals surface area contributed by atoms with Gasteiger partial charge in [0.05, 0.1) is 17.2 Å². The summed E-state index contributed by atoms with van der Waals surface area (Å²) in [5, 5.41) is 0. The molecule has 6 heteroatoms. The van der Waals surface area contributed by atoms with Crippen LogP contribution in [-0.4, -0.2) is 45.7 Å². The number of nitrogens with zero attached hydrogens (tertiary/aromatic N) is 2. The van der Waals surface area contributed by atoms with Crippen molar-refractivity contribution in [3.05, 3.63) is 77.2 Å². The van der Waals surface area contributed by atoms with Crippen LogP contribution in [0.1, 0.15) is 53.5 Å². The van der Waals surface area contributed by atoms with Gasteiger partial charge in [0, 0.05) is 18.0 Å². The monoisotopic (exact) mass is 404 g/mol. The summed E-state index contributed by atoms with van der Waals surface area (Å²) in [7, 11) is 0. The second-order valence-corrected chi connectivity index (χ2v) is 8.31. The van der Waals surface area contributed by atoms with E-state index in [4.69, 9.17) is 4.74 Å². The Hall–Kier alpha value is -3.41. The molecule has 1 saturated heterocycles. The number of fused-ring (bicyclic) bond motifs is 1. The van der Waals surface area contributed by atoms with Gasteiger partial charge in [0.25, 0.3) is 11.8 Å². The molecule has 0 N–H and O–H groups in total. The summed E-state index contributed by atoms with van der Waals surface area (Å²) in [6.45, 7) is 5.56. The van der Waals surface area contributed by atoms with Gasteiger partial charge >= 0.3 is 0 Å². The first-order valence-corrected chi connectivity index (χ1v) is 9.99. The zero-order chi connectivity index (χ0) is 21.5. The fourth-order valence-electron chi connectivity index (χ4n) is 4.23. The minimum absolute atomic E-state index is 0.0710. The van der Waals surface area contributed by atoms with Crippen molar-refractivity contribution in [1.82, 2.24) is 9.80 Å². The molecule has 0 radical (unpaired) electrons. The number of imide groups is 1. The first-order chi connectivity index (χ1) is 14.3. The van der Waals surface area contributed by atoms with Crippen molar-refractivity contribution in [3.8, 4) is 0 Å². The number of carbonyl (C=O) groups excluding carboxylic acids is 3. The van der Waals surface area contributed by atoms with Gasteiger partial charge in [-0.15, -0.1) is 0 Å². The second kappa shape index (κ2) is 7.44. The third-order valence-corrected chi connectivity index (χ3v) is 5.45. The Balaban J connectivity index is 1.64. The van der Waals surface area contributed by atoms with Gasteiger partial charge in [0.2, 0.25) is 5.91 Å². The van der Waals surface area contributed by atoms with E-state index in [9.17, 15) is 14.4 Å². The minimum atomic E-state index is -0.534. The molecule has 1 unspecified atom stereocenters. The fraction of sp³-hybridized carbons (Fsp3) is 0.292. The third kappa shape index (κ3) is 3.49. The first kappa shape index (κ1) is 19.9. The highest BCUT2D eigenvalue weighted by molar-refractivity contribution is 6.22. The Morgan fingerprint density at radius 2 is 1.60 bits per heavy atom. The van der Waals surface area contributed by atoms with E-state index < -0.39 is 17.4 Å². The van der Waals surface area contributed by atoms with Crippen molar-refractivity contribution in [3.63, 3.8) is 0 Å². The van der Waals surface area contributed by atoms with Crippen LogP contribution in [0, 0.1) is 0 Å². The summed E-state index contributed by atoms with van der Waals surface area (Å²) in [5.74, 6) is -0.821. The lowest BCUT2D eigenvalue weighted by molar-refractivity contribution is -0.146. The molecule has 0 spiro atoms. The van der Waals surface area contributed by atoms with Crippen LogP contribution in [0.25, 0.3) is 6.08 Å². The number of carbonyl (C=O) groups is 3. The zero-order valence-electron chi connectivity index (χ0n) is 17.3. The van der Waals surface area contributed by atoms with E-state index in [1.807, 2.05) is 57.2 Å². The van der Waals surface area contributed by atoms with Crippen LogP contribution >= 0.6 is 0 Å². The summed E-state index contributed by atoms with van der Waals surface area (Å²) >= 11 is 0. The Kier molecular flexibility index (Phi) is 4.94. The third-order valence-electron chi connectivity index (χ3n) is 5.45. The van der Waals surface area contributed by atoms with Crippen molar-refractivity contribution in [2.24, 2.45) is 0 Å². The van der Waals surface area contributed by atoms with Crippen LogP contribution in [0.15, 0.2) is 60.5 Å². The summed E-state index contributed by atoms with van der Waals surface area (Å²) in [5.41, 5.74) is 1.03. The zero-order valence-corrected chi connectivity index (χ0v) is 17.3. The predicted octanol–water partition coefficient (Wildman–Crippen LogP) is 3.70. The largest absolute Gasteiger partial charge is 0.476 e. The highest BCUT2D eigenvalue weighted by atomic mass is 16.5. The molecule has 0 saturated carbocycles. The topological polar surface area (TPSA) is 66.9 Å². The van der Waals surface area contributed by atoms with Gasteiger partial charge in [0.15, 0.2) is 5.88 Å². The van der Waals surface area contributed by atoms with Crippen LogP contribution in [0.4, 0.5) is 0 Å². The standard InChI is InChI=1S/C24H24N2O4/c1-16-14-24(2,3)26(21(30-16)13-17-9-5-4-6-10-17)20(27)15-25-22(28)18-11-7-8-12-19(18)23(25)29/h4-13,16H,14-15H2,1-3H3/b21-13-. The molecule has 1 fully saturated rings. The molecule has 0 aliphatic carbocycles. The van der Waals surface area contributed by atoms with Gasteiger partial charge in [-0.1, -0.05) is 42.5 Å². The van der Waals surface area contributed by atoms with E-state index in [1.165, 1.54) is 0 Å². The Labute approximate surface area is 175 Å². The average molecular weight is 404 g/mol. The highest BCUT2D eigenvalue weighted by Crippen LogP contribution is 2.35. The molecular formula is C24H24N2O4. The van der Waals surface area contributed by atoms with Crippen LogP contribution in [0.2, 0.25) is 0 Å². The smallest absolute Gasteiger partial charge is 0.262 e. The number of benzene rings is 2. The molecule has 4 rings (SSSR count). The van der Waals surface area contributed by atoms with Crippen molar-refractivity contribution in [1.29, 1.82) is 0 Å². The van der Waals surface area contributed by atoms with E-state index in [1.54, 1.807) is 29.2 Å². The normalized spacial score (nSPS) is 21.6. The average Bonchev–Trinajstić information content (AvgIpc) is 2.93. The summed E-state index contributed by atoms with van der Waals surface area (Å²) in [4.78, 5) is 41.4. The quantitative estimate of drug-likeness (QED) is 0.732. The Morgan fingerprint density at radius 1 is 1.03 bits per heavy atom. The van der Waals surface area contributed by atoms with Crippen molar-refractivity contribution >= 4 is 23.8 Å². The van der Waals surface area contributed by atoms with Crippen LogP contribution in [0.3, 0.4) is 0 Å². The lowest BCUT2D eigenvalue weighted by Gasteiger charge is -2.46. The molecule has 2 aromatic rings. The lowest BCUT2D eigenvalue weighted by atomic mass is 9.92. The highest BCUT2D eigenvalue weighted by Gasteiger charge is 2.44. The number of hydrogen-bond donors (Lipinski definition) is 0. The molecule has 3 amide bonds. The summed E-state index contributed by atoms with van der Waals surface area (Å²) in [6.07, 6.45) is 2.38. The molecule has 2 aliphatic rings. The maximum absolute atomic E-state index is 13.4. The van der Waals surface area contributed by atoms with E-state index in [0.717, 1.165) is 10.5 Å². The molecule has 154 valence electrons. The molecule has 0 bridgehead atoms. The molecular weight excluding hydrogens is 380 g/mol. The second-order valence-electron chi connectivity index (χ2n) is 8.31. The van der Waals surface area contributed by atoms with Gasteiger partial charge in [0.1, 0.15) is 6.54 Å². The molecule has 6 nitrogen and oxygen atoms in total. The van der Waals surface area contributed by atoms with Crippen LogP contribution in [-0.2, 0) is 9.53 Å². The molecule has 2 aliphatic heterocycles. The number of hydrogen-bond acceptors (Lipinski definition) is 4. The van der Waals surface area contributed by atoms with Crippen molar-refractivity contribution in [2.75, 3.05) is 6.54 Å². The van der Waals surface area contributed by atoms with Crippen LogP contribution in [0.5, 0.6) is 0 Å². The number of amides is 3. The minimum Gasteiger partial charge on any atom is -0.476 e. The SMILES string of the molecule is CC1CC(C)(C)N(C(=O)CN2C(=O)c3ccccc3C2=O)/C(=C/c2ccccc2)O1. The maximum Gasteiger partial charge on any atom is 0.262 e. The number of rotatable bonds is 3. The van der Waals surface area contributed by atoms with Gasteiger partial charge in [-0.25, -0.2) is 0 Å². The van der Waals surface area contributed by atoms with Gasteiger partial charge < -0.3 is 4.74 Å². The predicted molar refractivity (Wildman–Crippen MR) is 112 cm³/mol. The molecule has 30 heavy (non-hydrogen) atoms. The molecule has 2 heterocycles. The first-order valence-electron chi connectivity index (χ1n) is 9.99. The van der Waals surface area contributed by atoms with Gasteiger partial charge in [-0.05, 0) is 38.5 Å². The molecule has 2 aromatic carbocycles. The van der Waals surface area contributed by atoms with E-state index in [0.29, 0.717) is 23.4 Å².